The molecule has 0 bridgehead atoms. The molecule has 35 heavy (non-hydrogen) atoms. The van der Waals surface area contributed by atoms with Gasteiger partial charge in [-0.1, -0.05) is 48.5 Å². The van der Waals surface area contributed by atoms with E-state index in [1.807, 2.05) is 60.8 Å². The van der Waals surface area contributed by atoms with Crippen LogP contribution in [0, 0.1) is 0 Å². The third-order valence-corrected chi connectivity index (χ3v) is 5.97. The maximum absolute atomic E-state index is 13.3. The van der Waals surface area contributed by atoms with Crippen molar-refractivity contribution in [3.8, 4) is 0 Å². The molecule has 9 nitrogen and oxygen atoms in total. The lowest BCUT2D eigenvalue weighted by molar-refractivity contribution is -0.131. The zero-order chi connectivity index (χ0) is 25.2. The molecule has 0 spiro atoms. The summed E-state index contributed by atoms with van der Waals surface area (Å²) in [5, 5.41) is 6.45. The fraction of sp³-hybridized carbons (Fsp3) is 0.346. The molecule has 0 aliphatic heterocycles. The minimum atomic E-state index is -0.945. The van der Waals surface area contributed by atoms with Gasteiger partial charge in [0.15, 0.2) is 0 Å². The van der Waals surface area contributed by atoms with Crippen LogP contribution < -0.4 is 27.8 Å². The minimum absolute atomic E-state index is 0.216. The van der Waals surface area contributed by atoms with E-state index in [4.69, 9.17) is 17.2 Å². The Labute approximate surface area is 204 Å². The van der Waals surface area contributed by atoms with E-state index < -0.39 is 35.8 Å². The van der Waals surface area contributed by atoms with Crippen LogP contribution >= 0.6 is 0 Å². The molecule has 3 rings (SSSR count). The molecule has 0 saturated carbocycles. The second kappa shape index (κ2) is 12.7. The number of carbonyl (C=O) groups is 3. The second-order valence-electron chi connectivity index (χ2n) is 8.67. The van der Waals surface area contributed by atoms with Crippen LogP contribution in [0.25, 0.3) is 10.9 Å². The van der Waals surface area contributed by atoms with Crippen LogP contribution in [0.4, 0.5) is 0 Å². The monoisotopic (exact) mass is 478 g/mol. The zero-order valence-electron chi connectivity index (χ0n) is 19.7. The van der Waals surface area contributed by atoms with Gasteiger partial charge in [-0.3, -0.25) is 14.4 Å². The van der Waals surface area contributed by atoms with Gasteiger partial charge in [0.2, 0.25) is 17.7 Å². The van der Waals surface area contributed by atoms with Crippen LogP contribution in [0.1, 0.15) is 30.4 Å². The fourth-order valence-corrected chi connectivity index (χ4v) is 4.02. The van der Waals surface area contributed by atoms with Crippen molar-refractivity contribution in [3.05, 3.63) is 71.9 Å². The Kier molecular flexibility index (Phi) is 9.39. The number of hydrogen-bond donors (Lipinski definition) is 6. The quantitative estimate of drug-likeness (QED) is 0.200. The van der Waals surface area contributed by atoms with E-state index in [0.29, 0.717) is 32.2 Å². The van der Waals surface area contributed by atoms with Crippen LogP contribution in [-0.4, -0.2) is 47.4 Å². The molecule has 2 aromatic carbocycles. The summed E-state index contributed by atoms with van der Waals surface area (Å²) in [5.41, 5.74) is 19.9. The molecule has 3 amide bonds. The number of hydrogen-bond acceptors (Lipinski definition) is 5. The van der Waals surface area contributed by atoms with E-state index in [2.05, 4.69) is 15.6 Å². The van der Waals surface area contributed by atoms with Gasteiger partial charge in [-0.25, -0.2) is 0 Å². The van der Waals surface area contributed by atoms with Gasteiger partial charge < -0.3 is 32.8 Å². The smallest absolute Gasteiger partial charge is 0.243 e. The Bertz CT molecular complexity index is 1130. The van der Waals surface area contributed by atoms with Crippen molar-refractivity contribution in [3.63, 3.8) is 0 Å². The average Bonchev–Trinajstić information content (AvgIpc) is 3.26. The highest BCUT2D eigenvalue weighted by Gasteiger charge is 2.28. The number of benzene rings is 2. The lowest BCUT2D eigenvalue weighted by Crippen LogP contribution is -2.56. The van der Waals surface area contributed by atoms with E-state index in [-0.39, 0.29) is 6.42 Å². The van der Waals surface area contributed by atoms with Crippen LogP contribution in [-0.2, 0) is 27.2 Å². The topological polar surface area (TPSA) is 169 Å². The summed E-state index contributed by atoms with van der Waals surface area (Å²) < 4.78 is 0. The maximum atomic E-state index is 13.3. The number of aromatic amines is 1. The number of unbranched alkanes of at least 4 members (excludes halogenated alkanes) is 1. The summed E-state index contributed by atoms with van der Waals surface area (Å²) in [6, 6.07) is 14.5. The van der Waals surface area contributed by atoms with Crippen molar-refractivity contribution in [1.29, 1.82) is 0 Å². The number of carbonyl (C=O) groups excluding carboxylic acids is 3. The van der Waals surface area contributed by atoms with Crippen LogP contribution in [0.2, 0.25) is 0 Å². The van der Waals surface area contributed by atoms with E-state index >= 15 is 0 Å². The molecule has 0 aliphatic carbocycles. The highest BCUT2D eigenvalue weighted by molar-refractivity contribution is 5.93. The van der Waals surface area contributed by atoms with Crippen LogP contribution in [0.3, 0.4) is 0 Å². The molecule has 0 fully saturated rings. The number of para-hydroxylation sites is 1. The molecule has 0 unspecified atom stereocenters. The van der Waals surface area contributed by atoms with Crippen molar-refractivity contribution in [1.82, 2.24) is 15.6 Å². The third kappa shape index (κ3) is 7.40. The normalized spacial score (nSPS) is 13.7. The second-order valence-corrected chi connectivity index (χ2v) is 8.67. The van der Waals surface area contributed by atoms with Crippen molar-refractivity contribution in [2.75, 3.05) is 6.54 Å². The first-order chi connectivity index (χ1) is 16.9. The Hall–Kier alpha value is -3.69. The Morgan fingerprint density at radius 3 is 2.26 bits per heavy atom. The molecule has 3 atom stereocenters. The molecule has 3 aromatic rings. The minimum Gasteiger partial charge on any atom is -0.368 e. The van der Waals surface area contributed by atoms with Crippen LogP contribution in [0.5, 0.6) is 0 Å². The summed E-state index contributed by atoms with van der Waals surface area (Å²) in [5.74, 6) is -1.58. The van der Waals surface area contributed by atoms with Crippen molar-refractivity contribution in [2.24, 2.45) is 17.2 Å². The molecule has 0 aliphatic rings. The standard InChI is InChI=1S/C26H34N6O3/c27-13-7-6-12-22(24(29)33)31-26(35)23(15-18-16-30-21-11-5-4-10-19(18)21)32-25(34)20(28)14-17-8-2-1-3-9-17/h1-5,8-11,16,20,22-23,30H,6-7,12-15,27-28H2,(H2,29,33)(H,31,35)(H,32,34)/t20-,22-,23-/m0/s1. The number of fused-ring (bicyclic) bond motifs is 1. The highest BCUT2D eigenvalue weighted by atomic mass is 16.2. The predicted molar refractivity (Wildman–Crippen MR) is 136 cm³/mol. The molecule has 9 heteroatoms. The van der Waals surface area contributed by atoms with Gasteiger partial charge >= 0.3 is 0 Å². The zero-order valence-corrected chi connectivity index (χ0v) is 19.7. The van der Waals surface area contributed by atoms with Gasteiger partial charge in [0.05, 0.1) is 6.04 Å². The molecule has 0 saturated heterocycles. The third-order valence-electron chi connectivity index (χ3n) is 5.97. The summed E-state index contributed by atoms with van der Waals surface area (Å²) in [7, 11) is 0. The number of rotatable bonds is 13. The summed E-state index contributed by atoms with van der Waals surface area (Å²) in [4.78, 5) is 41.3. The first kappa shape index (κ1) is 25.9. The molecule has 1 aromatic heterocycles. The first-order valence-corrected chi connectivity index (χ1v) is 11.8. The van der Waals surface area contributed by atoms with Crippen molar-refractivity contribution < 1.29 is 14.4 Å². The fourth-order valence-electron chi connectivity index (χ4n) is 4.02. The lowest BCUT2D eigenvalue weighted by atomic mass is 10.0. The van der Waals surface area contributed by atoms with Crippen LogP contribution in [0.15, 0.2) is 60.8 Å². The molecular formula is C26H34N6O3. The highest BCUT2D eigenvalue weighted by Crippen LogP contribution is 2.19. The van der Waals surface area contributed by atoms with E-state index in [1.165, 1.54) is 0 Å². The van der Waals surface area contributed by atoms with Gasteiger partial charge in [-0.2, -0.15) is 0 Å². The predicted octanol–water partition coefficient (Wildman–Crippen LogP) is 0.864. The Morgan fingerprint density at radius 2 is 1.54 bits per heavy atom. The summed E-state index contributed by atoms with van der Waals surface area (Å²) >= 11 is 0. The molecule has 0 radical (unpaired) electrons. The number of nitrogens with two attached hydrogens (primary N) is 3. The van der Waals surface area contributed by atoms with Crippen molar-refractivity contribution in [2.45, 2.75) is 50.2 Å². The van der Waals surface area contributed by atoms with Gasteiger partial charge in [0, 0.05) is 23.5 Å². The number of amides is 3. The maximum Gasteiger partial charge on any atom is 0.243 e. The van der Waals surface area contributed by atoms with Gasteiger partial charge in [-0.15, -0.1) is 0 Å². The summed E-state index contributed by atoms with van der Waals surface area (Å²) in [6.45, 7) is 0.484. The lowest BCUT2D eigenvalue weighted by Gasteiger charge is -2.23. The van der Waals surface area contributed by atoms with E-state index in [9.17, 15) is 14.4 Å². The number of aromatic nitrogens is 1. The van der Waals surface area contributed by atoms with Gasteiger partial charge in [0.1, 0.15) is 12.1 Å². The SMILES string of the molecule is NCCCC[C@H](NC(=O)[C@H](Cc1c[nH]c2ccccc12)NC(=O)[C@@H](N)Cc1ccccc1)C(N)=O. The summed E-state index contributed by atoms with van der Waals surface area (Å²) in [6.07, 6.45) is 4.09. The van der Waals surface area contributed by atoms with E-state index in [0.717, 1.165) is 22.0 Å². The molecule has 9 N–H and O–H groups in total. The molecule has 1 heterocycles. The Morgan fingerprint density at radius 1 is 0.857 bits per heavy atom. The van der Waals surface area contributed by atoms with Gasteiger partial charge in [-0.05, 0) is 49.4 Å². The molecular weight excluding hydrogens is 444 g/mol. The van der Waals surface area contributed by atoms with E-state index in [1.54, 1.807) is 0 Å². The largest absolute Gasteiger partial charge is 0.368 e. The van der Waals surface area contributed by atoms with Gasteiger partial charge in [0.25, 0.3) is 0 Å². The number of primary amides is 1. The number of nitrogens with one attached hydrogen (secondary N) is 3. The number of H-pyrrole nitrogens is 1. The first-order valence-electron chi connectivity index (χ1n) is 11.8. The Balaban J connectivity index is 1.76. The average molecular weight is 479 g/mol. The molecule has 186 valence electrons. The van der Waals surface area contributed by atoms with Crippen molar-refractivity contribution >= 4 is 28.6 Å².